The summed E-state index contributed by atoms with van der Waals surface area (Å²) in [6.07, 6.45) is 11.2. The summed E-state index contributed by atoms with van der Waals surface area (Å²) in [7, 11) is 1.80. The lowest BCUT2D eigenvalue weighted by molar-refractivity contribution is -0.119. The molecule has 0 atom stereocenters. The molecule has 0 N–H and O–H groups in total. The Morgan fingerprint density at radius 1 is 0.780 bits per heavy atom. The molecule has 0 spiro atoms. The third kappa shape index (κ3) is 4.13. The molecule has 6 aromatic rings. The Labute approximate surface area is 236 Å². The Morgan fingerprint density at radius 2 is 1.54 bits per heavy atom. The van der Waals surface area contributed by atoms with Crippen molar-refractivity contribution in [2.24, 2.45) is 7.05 Å². The van der Waals surface area contributed by atoms with Gasteiger partial charge >= 0.3 is 0 Å². The number of anilines is 1. The second kappa shape index (κ2) is 10.0. The van der Waals surface area contributed by atoms with Gasteiger partial charge in [0.2, 0.25) is 0 Å². The largest absolute Gasteiger partial charge is 0.347 e. The number of aromatic nitrogens is 6. The molecule has 202 valence electrons. The summed E-state index contributed by atoms with van der Waals surface area (Å²) in [6.45, 7) is 1.67. The predicted octanol–water partition coefficient (Wildman–Crippen LogP) is 5.08. The number of amides is 2. The minimum Gasteiger partial charge on any atom is -0.347 e. The van der Waals surface area contributed by atoms with Gasteiger partial charge in [-0.25, -0.2) is 19.5 Å². The molecular weight excluding hydrogens is 514 g/mol. The van der Waals surface area contributed by atoms with Crippen molar-refractivity contribution in [2.75, 3.05) is 4.90 Å². The molecule has 9 nitrogen and oxygen atoms in total. The van der Waals surface area contributed by atoms with E-state index in [0.29, 0.717) is 28.2 Å². The molecule has 2 aromatic carbocycles. The highest BCUT2D eigenvalue weighted by molar-refractivity contribution is 6.58. The zero-order chi connectivity index (χ0) is 27.9. The van der Waals surface area contributed by atoms with E-state index >= 15 is 0 Å². The van der Waals surface area contributed by atoms with Crippen LogP contribution in [0.15, 0.2) is 97.8 Å². The standard InChI is InChI=1S/C32H27N7O2/c1-36-30-24(13-9-15-34-30)29(35-36)28-27(31(40)39(32(28)41)22-10-3-2-4-11-22)25-20-38(26-14-6-5-12-23(25)26)18-8-7-17-37-19-16-33-21-37/h2-6,9-16,19-21H,7-8,17-18H2,1H3. The van der Waals surface area contributed by atoms with E-state index < -0.39 is 5.91 Å². The molecular formula is C32H27N7O2. The van der Waals surface area contributed by atoms with Crippen molar-refractivity contribution in [2.45, 2.75) is 25.9 Å². The number of carbonyl (C=O) groups is 2. The summed E-state index contributed by atoms with van der Waals surface area (Å²) in [5, 5.41) is 6.36. The van der Waals surface area contributed by atoms with Crippen molar-refractivity contribution in [1.82, 2.24) is 28.9 Å². The number of pyridine rings is 1. The van der Waals surface area contributed by atoms with Gasteiger partial charge < -0.3 is 9.13 Å². The first-order chi connectivity index (χ1) is 20.1. The maximum absolute atomic E-state index is 14.3. The normalized spacial score (nSPS) is 13.8. The van der Waals surface area contributed by atoms with Crippen LogP contribution in [0.2, 0.25) is 0 Å². The minimum atomic E-state index is -0.391. The zero-order valence-electron chi connectivity index (χ0n) is 22.5. The van der Waals surface area contributed by atoms with Crippen molar-refractivity contribution in [3.05, 3.63) is 109 Å². The highest BCUT2D eigenvalue weighted by Crippen LogP contribution is 2.42. The van der Waals surface area contributed by atoms with Gasteiger partial charge in [-0.1, -0.05) is 36.4 Å². The van der Waals surface area contributed by atoms with Crippen molar-refractivity contribution < 1.29 is 9.59 Å². The lowest BCUT2D eigenvalue weighted by Crippen LogP contribution is -2.31. The third-order valence-corrected chi connectivity index (χ3v) is 7.62. The number of nitrogens with zero attached hydrogens (tertiary/aromatic N) is 7. The molecule has 41 heavy (non-hydrogen) atoms. The summed E-state index contributed by atoms with van der Waals surface area (Å²) in [6, 6.07) is 20.8. The van der Waals surface area contributed by atoms with E-state index in [9.17, 15) is 9.59 Å². The fraction of sp³-hybridized carbons (Fsp3) is 0.156. The Hall–Kier alpha value is -5.31. The fourth-order valence-electron chi connectivity index (χ4n) is 5.71. The summed E-state index contributed by atoms with van der Waals surface area (Å²) in [4.78, 5) is 38.3. The van der Waals surface area contributed by atoms with Gasteiger partial charge in [-0.05, 0) is 43.2 Å². The third-order valence-electron chi connectivity index (χ3n) is 7.62. The van der Waals surface area contributed by atoms with Gasteiger partial charge in [0, 0.05) is 66.8 Å². The van der Waals surface area contributed by atoms with Crippen LogP contribution in [0.1, 0.15) is 24.1 Å². The van der Waals surface area contributed by atoms with Crippen LogP contribution < -0.4 is 4.90 Å². The van der Waals surface area contributed by atoms with E-state index in [0.717, 1.165) is 47.8 Å². The van der Waals surface area contributed by atoms with Crippen LogP contribution in [0.3, 0.4) is 0 Å². The Balaban J connectivity index is 1.37. The number of rotatable bonds is 8. The topological polar surface area (TPSA) is 90.8 Å². The number of fused-ring (bicyclic) bond motifs is 2. The molecule has 0 aliphatic carbocycles. The van der Waals surface area contributed by atoms with Crippen molar-refractivity contribution in [3.63, 3.8) is 0 Å². The molecule has 2 amide bonds. The Bertz CT molecular complexity index is 1950. The first-order valence-corrected chi connectivity index (χ1v) is 13.6. The van der Waals surface area contributed by atoms with Gasteiger partial charge in [-0.15, -0.1) is 0 Å². The van der Waals surface area contributed by atoms with Crippen LogP contribution in [-0.2, 0) is 29.7 Å². The second-order valence-corrected chi connectivity index (χ2v) is 10.1. The van der Waals surface area contributed by atoms with E-state index in [1.807, 2.05) is 67.3 Å². The van der Waals surface area contributed by atoms with Crippen LogP contribution in [0.4, 0.5) is 5.69 Å². The average Bonchev–Trinajstić information content (AvgIpc) is 3.77. The molecule has 5 heterocycles. The van der Waals surface area contributed by atoms with E-state index in [1.165, 1.54) is 4.90 Å². The van der Waals surface area contributed by atoms with Crippen molar-refractivity contribution >= 4 is 50.6 Å². The van der Waals surface area contributed by atoms with Gasteiger partial charge in [-0.3, -0.25) is 9.59 Å². The summed E-state index contributed by atoms with van der Waals surface area (Å²) in [5.41, 5.74) is 4.02. The molecule has 0 radical (unpaired) electrons. The Morgan fingerprint density at radius 3 is 2.37 bits per heavy atom. The highest BCUT2D eigenvalue weighted by atomic mass is 16.2. The maximum atomic E-state index is 14.3. The number of imidazole rings is 1. The average molecular weight is 542 g/mol. The van der Waals surface area contributed by atoms with E-state index in [1.54, 1.807) is 36.3 Å². The number of hydrogen-bond donors (Lipinski definition) is 0. The molecule has 0 saturated heterocycles. The van der Waals surface area contributed by atoms with Crippen LogP contribution in [-0.4, -0.2) is 40.7 Å². The number of hydrogen-bond acceptors (Lipinski definition) is 5. The van der Waals surface area contributed by atoms with Crippen LogP contribution in [0.25, 0.3) is 33.1 Å². The van der Waals surface area contributed by atoms with E-state index in [2.05, 4.69) is 25.2 Å². The number of para-hydroxylation sites is 2. The van der Waals surface area contributed by atoms with Gasteiger partial charge in [0.05, 0.1) is 23.2 Å². The number of unbranched alkanes of at least 4 members (excludes halogenated alkanes) is 1. The van der Waals surface area contributed by atoms with Gasteiger partial charge in [0.15, 0.2) is 5.65 Å². The monoisotopic (exact) mass is 541 g/mol. The molecule has 0 unspecified atom stereocenters. The van der Waals surface area contributed by atoms with Crippen molar-refractivity contribution in [1.29, 1.82) is 0 Å². The SMILES string of the molecule is Cn1nc(C2=C(c3cn(CCCCn4ccnc4)c4ccccc34)C(=O)N(c3ccccc3)C2=O)c2cccnc21. The molecule has 9 heteroatoms. The number of imide groups is 1. The molecule has 0 fully saturated rings. The minimum absolute atomic E-state index is 0.292. The van der Waals surface area contributed by atoms with Crippen LogP contribution in [0, 0.1) is 0 Å². The predicted molar refractivity (Wildman–Crippen MR) is 158 cm³/mol. The van der Waals surface area contributed by atoms with Gasteiger partial charge in [0.1, 0.15) is 5.69 Å². The summed E-state index contributed by atoms with van der Waals surface area (Å²) >= 11 is 0. The van der Waals surface area contributed by atoms with E-state index in [-0.39, 0.29) is 5.91 Å². The molecule has 0 saturated carbocycles. The smallest absolute Gasteiger partial charge is 0.268 e. The number of benzene rings is 2. The van der Waals surface area contributed by atoms with Crippen LogP contribution in [0.5, 0.6) is 0 Å². The first kappa shape index (κ1) is 24.7. The lowest BCUT2D eigenvalue weighted by atomic mass is 9.98. The van der Waals surface area contributed by atoms with Crippen LogP contribution >= 0.6 is 0 Å². The van der Waals surface area contributed by atoms with Gasteiger partial charge in [-0.2, -0.15) is 5.10 Å². The fourth-order valence-corrected chi connectivity index (χ4v) is 5.71. The Kier molecular flexibility index (Phi) is 6.04. The number of aryl methyl sites for hydroxylation is 3. The summed E-state index contributed by atoms with van der Waals surface area (Å²) in [5.74, 6) is -0.751. The molecule has 1 aliphatic rings. The second-order valence-electron chi connectivity index (χ2n) is 10.1. The summed E-state index contributed by atoms with van der Waals surface area (Å²) < 4.78 is 5.91. The quantitative estimate of drug-likeness (QED) is 0.198. The maximum Gasteiger partial charge on any atom is 0.268 e. The first-order valence-electron chi connectivity index (χ1n) is 13.6. The van der Waals surface area contributed by atoms with Crippen molar-refractivity contribution in [3.8, 4) is 0 Å². The molecule has 4 aromatic heterocycles. The van der Waals surface area contributed by atoms with E-state index in [4.69, 9.17) is 5.10 Å². The highest BCUT2D eigenvalue weighted by Gasteiger charge is 2.43. The molecule has 7 rings (SSSR count). The van der Waals surface area contributed by atoms with Gasteiger partial charge in [0.25, 0.3) is 11.8 Å². The zero-order valence-corrected chi connectivity index (χ0v) is 22.5. The lowest BCUT2D eigenvalue weighted by Gasteiger charge is -2.14. The number of carbonyl (C=O) groups excluding carboxylic acids is 2. The molecule has 0 bridgehead atoms. The molecule has 1 aliphatic heterocycles.